The zero-order chi connectivity index (χ0) is 24.9. The summed E-state index contributed by atoms with van der Waals surface area (Å²) < 4.78 is 75.9. The van der Waals surface area contributed by atoms with Crippen molar-refractivity contribution in [3.8, 4) is 17.0 Å². The number of halogens is 3. The van der Waals surface area contributed by atoms with E-state index in [1.165, 1.54) is 12.3 Å². The van der Waals surface area contributed by atoms with E-state index in [0.29, 0.717) is 30.0 Å². The molecule has 3 heterocycles. The number of rotatable bonds is 4. The van der Waals surface area contributed by atoms with Crippen molar-refractivity contribution in [2.24, 2.45) is 0 Å². The lowest BCUT2D eigenvalue weighted by Gasteiger charge is -2.27. The molecule has 2 aromatic heterocycles. The summed E-state index contributed by atoms with van der Waals surface area (Å²) in [7, 11) is -5.88. The van der Waals surface area contributed by atoms with E-state index in [2.05, 4.69) is 19.1 Å². The molecule has 1 fully saturated rings. The number of nitrogens with one attached hydrogen (secondary N) is 1. The van der Waals surface area contributed by atoms with Gasteiger partial charge in [0.1, 0.15) is 11.4 Å². The van der Waals surface area contributed by atoms with E-state index in [1.807, 2.05) is 0 Å². The molecule has 0 aliphatic carbocycles. The fraction of sp³-hybridized carbons (Fsp3) is 0.450. The molecule has 0 radical (unpaired) electrons. The molecule has 1 aliphatic heterocycles. The number of H-pyrrole nitrogens is 1. The fourth-order valence-corrected chi connectivity index (χ4v) is 4.07. The molecule has 10 nitrogen and oxygen atoms in total. The molecule has 0 bridgehead atoms. The number of nitrogens with zero attached hydrogens (tertiary/aromatic N) is 3. The highest BCUT2D eigenvalue weighted by atomic mass is 32.2. The number of amides is 1. The summed E-state index contributed by atoms with van der Waals surface area (Å²) >= 11 is 0. The molecule has 1 aromatic carbocycles. The summed E-state index contributed by atoms with van der Waals surface area (Å²) in [4.78, 5) is 25.4. The Labute approximate surface area is 192 Å². The highest BCUT2D eigenvalue weighted by Crippen LogP contribution is 2.37. The van der Waals surface area contributed by atoms with Crippen molar-refractivity contribution in [2.75, 3.05) is 6.54 Å². The maximum Gasteiger partial charge on any atom is 0.534 e. The van der Waals surface area contributed by atoms with E-state index in [9.17, 15) is 26.4 Å². The van der Waals surface area contributed by atoms with Gasteiger partial charge in [-0.1, -0.05) is 0 Å². The Bertz CT molecular complexity index is 1330. The Hall–Kier alpha value is -3.29. The van der Waals surface area contributed by atoms with E-state index >= 15 is 0 Å². The van der Waals surface area contributed by atoms with Gasteiger partial charge in [0.25, 0.3) is 0 Å². The molecule has 34 heavy (non-hydrogen) atoms. The minimum absolute atomic E-state index is 0.000458. The Balaban J connectivity index is 1.63. The summed E-state index contributed by atoms with van der Waals surface area (Å²) in [5.41, 5.74) is -5.66. The third kappa shape index (κ3) is 4.54. The van der Waals surface area contributed by atoms with Crippen LogP contribution in [-0.4, -0.2) is 52.0 Å². The molecule has 1 atom stereocenters. The Kier molecular flexibility index (Phi) is 5.74. The zero-order valence-electron chi connectivity index (χ0n) is 18.3. The summed E-state index contributed by atoms with van der Waals surface area (Å²) in [5, 5.41) is 0. The van der Waals surface area contributed by atoms with Crippen LogP contribution in [-0.2, 0) is 14.9 Å². The van der Waals surface area contributed by atoms with Crippen molar-refractivity contribution in [3.63, 3.8) is 0 Å². The molecule has 1 aliphatic rings. The van der Waals surface area contributed by atoms with Gasteiger partial charge in [0, 0.05) is 12.1 Å². The standard InChI is InChI=1S/C20H21F3N4O6S/c1-19(2,3)32-18(28)27-8-4-5-13(27)17-24-9-12(26-17)11-6-7-14(15-16(11)31-10-25-15)33-34(29,30)20(21,22)23/h6-7,9-10,13H,4-5,8H2,1-3H3,(H,24,26)/t13-/m0/s1. The van der Waals surface area contributed by atoms with E-state index in [4.69, 9.17) is 9.15 Å². The lowest BCUT2D eigenvalue weighted by atomic mass is 10.1. The number of benzene rings is 1. The van der Waals surface area contributed by atoms with Gasteiger partial charge in [-0.15, -0.1) is 0 Å². The predicted molar refractivity (Wildman–Crippen MR) is 112 cm³/mol. The molecule has 1 N–H and O–H groups in total. The highest BCUT2D eigenvalue weighted by Gasteiger charge is 2.49. The van der Waals surface area contributed by atoms with Crippen molar-refractivity contribution < 1.29 is 39.7 Å². The number of alkyl halides is 3. The van der Waals surface area contributed by atoms with Gasteiger partial charge in [-0.05, 0) is 45.7 Å². The highest BCUT2D eigenvalue weighted by molar-refractivity contribution is 7.88. The largest absolute Gasteiger partial charge is 0.534 e. The molecule has 1 saturated heterocycles. The zero-order valence-corrected chi connectivity index (χ0v) is 19.2. The number of aromatic nitrogens is 3. The Morgan fingerprint density at radius 1 is 1.24 bits per heavy atom. The first-order chi connectivity index (χ1) is 15.8. The Morgan fingerprint density at radius 2 is 1.97 bits per heavy atom. The topological polar surface area (TPSA) is 128 Å². The maximum atomic E-state index is 12.7. The third-order valence-electron chi connectivity index (χ3n) is 5.01. The van der Waals surface area contributed by atoms with Gasteiger partial charge in [-0.2, -0.15) is 21.6 Å². The van der Waals surface area contributed by atoms with Gasteiger partial charge >= 0.3 is 21.7 Å². The van der Waals surface area contributed by atoms with Crippen LogP contribution in [0, 0.1) is 0 Å². The first-order valence-electron chi connectivity index (χ1n) is 10.2. The van der Waals surface area contributed by atoms with Crippen LogP contribution in [0.15, 0.2) is 29.1 Å². The number of hydrogen-bond acceptors (Lipinski definition) is 8. The quantitative estimate of drug-likeness (QED) is 0.408. The number of aromatic amines is 1. The van der Waals surface area contributed by atoms with Crippen molar-refractivity contribution in [2.45, 2.75) is 50.8 Å². The van der Waals surface area contributed by atoms with Gasteiger partial charge < -0.3 is 18.3 Å². The number of hydrogen-bond donors (Lipinski definition) is 1. The smallest absolute Gasteiger partial charge is 0.444 e. The number of ether oxygens (including phenoxy) is 1. The number of fused-ring (bicyclic) bond motifs is 1. The summed E-state index contributed by atoms with van der Waals surface area (Å²) in [6, 6.07) is 2.02. The van der Waals surface area contributed by atoms with E-state index < -0.39 is 33.1 Å². The third-order valence-corrected chi connectivity index (χ3v) is 5.98. The number of likely N-dealkylation sites (tertiary alicyclic amines) is 1. The summed E-state index contributed by atoms with van der Waals surface area (Å²) in [6.07, 6.45) is 3.39. The molecule has 0 unspecified atom stereocenters. The van der Waals surface area contributed by atoms with Crippen molar-refractivity contribution >= 4 is 27.3 Å². The van der Waals surface area contributed by atoms with Gasteiger partial charge in [-0.3, -0.25) is 4.90 Å². The molecule has 3 aromatic rings. The SMILES string of the molecule is CC(C)(C)OC(=O)N1CCC[C@H]1c1ncc(-c2ccc(OS(=O)(=O)C(F)(F)F)c3ncoc23)[nH]1. The van der Waals surface area contributed by atoms with Gasteiger partial charge in [-0.25, -0.2) is 14.8 Å². The maximum absolute atomic E-state index is 12.7. The normalized spacial score (nSPS) is 17.4. The average molecular weight is 502 g/mol. The summed E-state index contributed by atoms with van der Waals surface area (Å²) in [6.45, 7) is 5.83. The first kappa shape index (κ1) is 23.9. The number of carbonyl (C=O) groups is 1. The van der Waals surface area contributed by atoms with Gasteiger partial charge in [0.2, 0.25) is 0 Å². The minimum Gasteiger partial charge on any atom is -0.444 e. The number of carbonyl (C=O) groups excluding carboxylic acids is 1. The van der Waals surface area contributed by atoms with Crippen LogP contribution in [0.2, 0.25) is 0 Å². The molecule has 14 heteroatoms. The van der Waals surface area contributed by atoms with Crippen LogP contribution in [0.25, 0.3) is 22.4 Å². The Morgan fingerprint density at radius 3 is 2.65 bits per heavy atom. The van der Waals surface area contributed by atoms with Crippen LogP contribution in [0.4, 0.5) is 18.0 Å². The lowest BCUT2D eigenvalue weighted by molar-refractivity contribution is -0.0499. The number of oxazole rings is 1. The molecule has 184 valence electrons. The fourth-order valence-electron chi connectivity index (χ4n) is 3.60. The average Bonchev–Trinajstić information content (AvgIpc) is 3.45. The second-order valence-electron chi connectivity index (χ2n) is 8.64. The molecular formula is C20H21F3N4O6S. The van der Waals surface area contributed by atoms with Crippen LogP contribution in [0.1, 0.15) is 45.5 Å². The molecule has 0 saturated carbocycles. The van der Waals surface area contributed by atoms with E-state index in [0.717, 1.165) is 18.9 Å². The monoisotopic (exact) mass is 502 g/mol. The van der Waals surface area contributed by atoms with Gasteiger partial charge in [0.15, 0.2) is 23.2 Å². The van der Waals surface area contributed by atoms with Crippen molar-refractivity contribution in [3.05, 3.63) is 30.5 Å². The van der Waals surface area contributed by atoms with Crippen LogP contribution >= 0.6 is 0 Å². The van der Waals surface area contributed by atoms with Gasteiger partial charge in [0.05, 0.1) is 17.9 Å². The van der Waals surface area contributed by atoms with E-state index in [1.54, 1.807) is 25.7 Å². The molecule has 1 amide bonds. The van der Waals surface area contributed by atoms with Crippen LogP contribution < -0.4 is 4.18 Å². The molecular weight excluding hydrogens is 481 g/mol. The van der Waals surface area contributed by atoms with Crippen molar-refractivity contribution in [1.29, 1.82) is 0 Å². The second kappa shape index (κ2) is 8.18. The van der Waals surface area contributed by atoms with Crippen LogP contribution in [0.5, 0.6) is 5.75 Å². The molecule has 4 rings (SSSR count). The second-order valence-corrected chi connectivity index (χ2v) is 10.2. The predicted octanol–water partition coefficient (Wildman–Crippen LogP) is 4.52. The first-order valence-corrected chi connectivity index (χ1v) is 11.6. The minimum atomic E-state index is -5.88. The lowest BCUT2D eigenvalue weighted by Crippen LogP contribution is -2.36. The molecule has 0 spiro atoms. The van der Waals surface area contributed by atoms with Crippen molar-refractivity contribution in [1.82, 2.24) is 19.9 Å². The number of imidazole rings is 1. The van der Waals surface area contributed by atoms with E-state index in [-0.39, 0.29) is 17.1 Å². The summed E-state index contributed by atoms with van der Waals surface area (Å²) in [5.74, 6) is -0.137. The van der Waals surface area contributed by atoms with Crippen LogP contribution in [0.3, 0.4) is 0 Å².